The molecule has 0 bridgehead atoms. The molecule has 6 heteroatoms. The molecule has 6 nitrogen and oxygen atoms in total. The molecule has 0 spiro atoms. The average molecular weight is 467 g/mol. The smallest absolute Gasteiger partial charge is 0.307 e. The second-order valence-electron chi connectivity index (χ2n) is 8.35. The standard InChI is InChI=1S/C28H34O6/c1-20(30-2)33-19-22-11-9-21(10-12-22)13-14-24(18-28(29)32-4)23-15-16-26(31-3)27(17-23)34-25-7-5-6-8-25/h9-12,15-17,20,24-25H,5-8,18-19H2,1-4H3. The van der Waals surface area contributed by atoms with Gasteiger partial charge in [0, 0.05) is 12.7 Å². The fourth-order valence-corrected chi connectivity index (χ4v) is 3.83. The summed E-state index contributed by atoms with van der Waals surface area (Å²) in [5.41, 5.74) is 2.78. The third-order valence-corrected chi connectivity index (χ3v) is 5.95. The highest BCUT2D eigenvalue weighted by Crippen LogP contribution is 2.35. The van der Waals surface area contributed by atoms with Gasteiger partial charge in [-0.15, -0.1) is 0 Å². The lowest BCUT2D eigenvalue weighted by Gasteiger charge is -2.18. The van der Waals surface area contributed by atoms with Gasteiger partial charge >= 0.3 is 5.97 Å². The highest BCUT2D eigenvalue weighted by molar-refractivity contribution is 5.71. The van der Waals surface area contributed by atoms with Crippen molar-refractivity contribution in [1.82, 2.24) is 0 Å². The molecule has 0 aromatic heterocycles. The Morgan fingerprint density at radius 2 is 1.76 bits per heavy atom. The molecule has 0 heterocycles. The average Bonchev–Trinajstić information content (AvgIpc) is 3.38. The van der Waals surface area contributed by atoms with Gasteiger partial charge in [0.15, 0.2) is 17.8 Å². The fraction of sp³-hybridized carbons (Fsp3) is 0.464. The van der Waals surface area contributed by atoms with Crippen molar-refractivity contribution in [2.45, 2.75) is 63.9 Å². The molecule has 0 aliphatic heterocycles. The predicted octanol–water partition coefficient (Wildman–Crippen LogP) is 5.22. The van der Waals surface area contributed by atoms with Crippen LogP contribution in [0.15, 0.2) is 42.5 Å². The van der Waals surface area contributed by atoms with E-state index in [1.165, 1.54) is 20.0 Å². The molecular weight excluding hydrogens is 432 g/mol. The third-order valence-electron chi connectivity index (χ3n) is 5.95. The third kappa shape index (κ3) is 7.51. The zero-order valence-electron chi connectivity index (χ0n) is 20.5. The summed E-state index contributed by atoms with van der Waals surface area (Å²) in [5, 5.41) is 0. The van der Waals surface area contributed by atoms with E-state index in [0.29, 0.717) is 18.1 Å². The lowest BCUT2D eigenvalue weighted by atomic mass is 9.95. The number of esters is 1. The van der Waals surface area contributed by atoms with Crippen molar-refractivity contribution < 1.29 is 28.5 Å². The molecular formula is C28H34O6. The van der Waals surface area contributed by atoms with E-state index >= 15 is 0 Å². The van der Waals surface area contributed by atoms with Crippen LogP contribution in [0.2, 0.25) is 0 Å². The van der Waals surface area contributed by atoms with Crippen molar-refractivity contribution in [3.63, 3.8) is 0 Å². The summed E-state index contributed by atoms with van der Waals surface area (Å²) in [7, 11) is 4.63. The molecule has 1 saturated carbocycles. The molecule has 0 amide bonds. The Bertz CT molecular complexity index is 982. The first-order valence-electron chi connectivity index (χ1n) is 11.7. The zero-order valence-corrected chi connectivity index (χ0v) is 20.5. The first kappa shape index (κ1) is 25.6. The van der Waals surface area contributed by atoms with E-state index in [2.05, 4.69) is 11.8 Å². The van der Waals surface area contributed by atoms with Gasteiger partial charge in [-0.05, 0) is 68.0 Å². The first-order chi connectivity index (χ1) is 16.5. The van der Waals surface area contributed by atoms with Crippen molar-refractivity contribution in [1.29, 1.82) is 0 Å². The van der Waals surface area contributed by atoms with E-state index in [1.807, 2.05) is 49.4 Å². The SMILES string of the molecule is COC(=O)CC(C#Cc1ccc(COC(C)OC)cc1)c1ccc(OC)c(OC2CCCC2)c1. The quantitative estimate of drug-likeness (QED) is 0.272. The van der Waals surface area contributed by atoms with Crippen molar-refractivity contribution in [3.05, 3.63) is 59.2 Å². The Morgan fingerprint density at radius 3 is 2.41 bits per heavy atom. The van der Waals surface area contributed by atoms with Gasteiger partial charge < -0.3 is 23.7 Å². The van der Waals surface area contributed by atoms with Crippen LogP contribution in [0.25, 0.3) is 0 Å². The van der Waals surface area contributed by atoms with Crippen molar-refractivity contribution in [2.24, 2.45) is 0 Å². The van der Waals surface area contributed by atoms with Crippen LogP contribution in [0.5, 0.6) is 11.5 Å². The molecule has 0 N–H and O–H groups in total. The molecule has 2 atom stereocenters. The molecule has 1 aliphatic rings. The summed E-state index contributed by atoms with van der Waals surface area (Å²) in [4.78, 5) is 12.1. The van der Waals surface area contributed by atoms with Gasteiger partial charge in [-0.1, -0.05) is 30.0 Å². The minimum Gasteiger partial charge on any atom is -0.493 e. The molecule has 0 radical (unpaired) electrons. The number of hydrogen-bond acceptors (Lipinski definition) is 6. The largest absolute Gasteiger partial charge is 0.493 e. The van der Waals surface area contributed by atoms with E-state index in [1.54, 1.807) is 14.2 Å². The minimum absolute atomic E-state index is 0.152. The van der Waals surface area contributed by atoms with E-state index in [-0.39, 0.29) is 30.7 Å². The number of rotatable bonds is 10. The summed E-state index contributed by atoms with van der Waals surface area (Å²) in [6.45, 7) is 2.31. The minimum atomic E-state index is -0.338. The molecule has 1 fully saturated rings. The second kappa shape index (κ2) is 13.0. The summed E-state index contributed by atoms with van der Waals surface area (Å²) in [6.07, 6.45) is 4.54. The number of methoxy groups -OCH3 is 3. The number of ether oxygens (including phenoxy) is 5. The van der Waals surface area contributed by atoms with Crippen LogP contribution in [-0.2, 0) is 25.6 Å². The Balaban J connectivity index is 1.80. The molecule has 2 aromatic carbocycles. The molecule has 2 aromatic rings. The van der Waals surface area contributed by atoms with Gasteiger partial charge in [0.05, 0.1) is 39.3 Å². The Labute approximate surface area is 202 Å². The number of hydrogen-bond donors (Lipinski definition) is 0. The maximum atomic E-state index is 12.1. The summed E-state index contributed by atoms with van der Waals surface area (Å²) < 4.78 is 27.3. The van der Waals surface area contributed by atoms with Crippen LogP contribution in [0, 0.1) is 11.8 Å². The van der Waals surface area contributed by atoms with Gasteiger partial charge in [0.1, 0.15) is 0 Å². The van der Waals surface area contributed by atoms with Crippen molar-refractivity contribution in [3.8, 4) is 23.3 Å². The lowest BCUT2D eigenvalue weighted by molar-refractivity contribution is -0.140. The van der Waals surface area contributed by atoms with Crippen LogP contribution >= 0.6 is 0 Å². The lowest BCUT2D eigenvalue weighted by Crippen LogP contribution is -2.12. The molecule has 0 saturated heterocycles. The summed E-state index contributed by atoms with van der Waals surface area (Å²) in [6, 6.07) is 13.6. The van der Waals surface area contributed by atoms with E-state index in [4.69, 9.17) is 23.7 Å². The Hall–Kier alpha value is -3.01. The van der Waals surface area contributed by atoms with Crippen LogP contribution in [0.1, 0.15) is 61.6 Å². The Morgan fingerprint density at radius 1 is 1.03 bits per heavy atom. The monoisotopic (exact) mass is 466 g/mol. The normalized spacial score (nSPS) is 15.2. The fourth-order valence-electron chi connectivity index (χ4n) is 3.83. The number of carbonyl (C=O) groups is 1. The van der Waals surface area contributed by atoms with Crippen LogP contribution in [0.4, 0.5) is 0 Å². The molecule has 34 heavy (non-hydrogen) atoms. The highest BCUT2D eigenvalue weighted by Gasteiger charge is 2.21. The van der Waals surface area contributed by atoms with Crippen molar-refractivity contribution >= 4 is 5.97 Å². The number of benzene rings is 2. The highest BCUT2D eigenvalue weighted by atomic mass is 16.7. The van der Waals surface area contributed by atoms with Crippen LogP contribution in [-0.4, -0.2) is 39.7 Å². The topological polar surface area (TPSA) is 63.2 Å². The zero-order chi connectivity index (χ0) is 24.3. The van der Waals surface area contributed by atoms with Gasteiger partial charge in [-0.25, -0.2) is 0 Å². The van der Waals surface area contributed by atoms with Crippen molar-refractivity contribution in [2.75, 3.05) is 21.3 Å². The van der Waals surface area contributed by atoms with Gasteiger partial charge in [-0.2, -0.15) is 0 Å². The number of carbonyl (C=O) groups excluding carboxylic acids is 1. The van der Waals surface area contributed by atoms with E-state index in [0.717, 1.165) is 29.5 Å². The van der Waals surface area contributed by atoms with Crippen LogP contribution < -0.4 is 9.47 Å². The van der Waals surface area contributed by atoms with Crippen LogP contribution in [0.3, 0.4) is 0 Å². The Kier molecular flexibility index (Phi) is 9.81. The van der Waals surface area contributed by atoms with E-state index in [9.17, 15) is 4.79 Å². The molecule has 2 unspecified atom stereocenters. The molecule has 182 valence electrons. The van der Waals surface area contributed by atoms with Gasteiger partial charge in [-0.3, -0.25) is 4.79 Å². The molecule has 1 aliphatic carbocycles. The second-order valence-corrected chi connectivity index (χ2v) is 8.35. The predicted molar refractivity (Wildman–Crippen MR) is 130 cm³/mol. The first-order valence-corrected chi connectivity index (χ1v) is 11.7. The van der Waals surface area contributed by atoms with E-state index < -0.39 is 0 Å². The van der Waals surface area contributed by atoms with Gasteiger partial charge in [0.2, 0.25) is 0 Å². The maximum Gasteiger partial charge on any atom is 0.307 e. The molecule has 3 rings (SSSR count). The maximum absolute atomic E-state index is 12.1. The summed E-state index contributed by atoms with van der Waals surface area (Å²) >= 11 is 0. The van der Waals surface area contributed by atoms with Gasteiger partial charge in [0.25, 0.3) is 0 Å². The summed E-state index contributed by atoms with van der Waals surface area (Å²) in [5.74, 6) is 7.18.